The lowest BCUT2D eigenvalue weighted by atomic mass is 10.0. The molecule has 0 amide bonds. The van der Waals surface area contributed by atoms with Gasteiger partial charge in [-0.05, 0) is 23.3 Å². The van der Waals surface area contributed by atoms with Crippen LogP contribution in [-0.4, -0.2) is 22.3 Å². The summed E-state index contributed by atoms with van der Waals surface area (Å²) in [7, 11) is 0. The number of carboxylic acids is 1. The van der Waals surface area contributed by atoms with E-state index in [9.17, 15) is 19.7 Å². The Bertz CT molecular complexity index is 708. The number of hydrogen-bond acceptors (Lipinski definition) is 4. The number of nitro groups is 1. The van der Waals surface area contributed by atoms with Gasteiger partial charge in [0.15, 0.2) is 0 Å². The van der Waals surface area contributed by atoms with Crippen LogP contribution in [0.1, 0.15) is 20.7 Å². The molecule has 1 N–H and O–H groups in total. The van der Waals surface area contributed by atoms with Gasteiger partial charge in [0.05, 0.1) is 4.92 Å². The van der Waals surface area contributed by atoms with Crippen molar-refractivity contribution in [2.24, 2.45) is 0 Å². The van der Waals surface area contributed by atoms with Crippen LogP contribution in [-0.2, 0) is 0 Å². The minimum Gasteiger partial charge on any atom is -0.477 e. The third-order valence-electron chi connectivity index (χ3n) is 2.78. The molecule has 0 bridgehead atoms. The minimum atomic E-state index is -1.36. The molecule has 0 saturated heterocycles. The van der Waals surface area contributed by atoms with Crippen molar-refractivity contribution in [3.8, 4) is 11.1 Å². The average molecular weight is 271 g/mol. The predicted molar refractivity (Wildman–Crippen MR) is 70.9 cm³/mol. The quantitative estimate of drug-likeness (QED) is 0.523. The normalized spacial score (nSPS) is 10.0. The minimum absolute atomic E-state index is 0.370. The summed E-state index contributed by atoms with van der Waals surface area (Å²) in [5.74, 6) is -1.36. The first-order valence-corrected chi connectivity index (χ1v) is 5.60. The lowest BCUT2D eigenvalue weighted by Gasteiger charge is -2.04. The molecule has 0 saturated carbocycles. The highest BCUT2D eigenvalue weighted by molar-refractivity contribution is 5.93. The summed E-state index contributed by atoms with van der Waals surface area (Å²) in [6, 6.07) is 10.4. The fourth-order valence-electron chi connectivity index (χ4n) is 1.83. The van der Waals surface area contributed by atoms with Crippen LogP contribution in [0.25, 0.3) is 11.1 Å². The van der Waals surface area contributed by atoms with E-state index in [-0.39, 0.29) is 5.56 Å². The SMILES string of the molecule is O=Cc1cccc(-c2ccc(C(=O)O)c([N+](=O)[O-])c2)c1. The molecule has 0 aromatic heterocycles. The molecule has 2 aromatic rings. The summed E-state index contributed by atoms with van der Waals surface area (Å²) in [5.41, 5.74) is 0.671. The Morgan fingerprint density at radius 3 is 2.45 bits per heavy atom. The lowest BCUT2D eigenvalue weighted by molar-refractivity contribution is -0.385. The maximum absolute atomic E-state index is 10.9. The van der Waals surface area contributed by atoms with E-state index in [0.29, 0.717) is 23.0 Å². The lowest BCUT2D eigenvalue weighted by Crippen LogP contribution is -2.02. The third-order valence-corrected chi connectivity index (χ3v) is 2.78. The molecule has 0 radical (unpaired) electrons. The standard InChI is InChI=1S/C14H9NO5/c16-8-9-2-1-3-10(6-9)11-4-5-12(14(17)18)13(7-11)15(19)20/h1-8H,(H,17,18). The fourth-order valence-corrected chi connectivity index (χ4v) is 1.83. The number of aromatic carboxylic acids is 1. The molecule has 100 valence electrons. The molecule has 0 aliphatic carbocycles. The molecule has 2 aromatic carbocycles. The molecule has 0 aliphatic heterocycles. The molecule has 0 aliphatic rings. The van der Waals surface area contributed by atoms with Crippen LogP contribution in [0, 0.1) is 10.1 Å². The van der Waals surface area contributed by atoms with Crippen molar-refractivity contribution in [3.05, 3.63) is 63.7 Å². The van der Waals surface area contributed by atoms with Gasteiger partial charge in [-0.15, -0.1) is 0 Å². The van der Waals surface area contributed by atoms with Crippen LogP contribution >= 0.6 is 0 Å². The van der Waals surface area contributed by atoms with Crippen LogP contribution in [0.2, 0.25) is 0 Å². The summed E-state index contributed by atoms with van der Waals surface area (Å²) in [6.07, 6.45) is 0.670. The van der Waals surface area contributed by atoms with Crippen molar-refractivity contribution in [2.75, 3.05) is 0 Å². The smallest absolute Gasteiger partial charge is 0.342 e. The first kappa shape index (κ1) is 13.4. The van der Waals surface area contributed by atoms with Gasteiger partial charge in [-0.25, -0.2) is 4.79 Å². The highest BCUT2D eigenvalue weighted by Crippen LogP contribution is 2.27. The van der Waals surface area contributed by atoms with Crippen LogP contribution in [0.3, 0.4) is 0 Å². The second kappa shape index (κ2) is 5.31. The summed E-state index contributed by atoms with van der Waals surface area (Å²) in [5, 5.41) is 19.8. The number of carbonyl (C=O) groups excluding carboxylic acids is 1. The Morgan fingerprint density at radius 2 is 1.85 bits per heavy atom. The Hall–Kier alpha value is -3.02. The zero-order valence-electron chi connectivity index (χ0n) is 10.1. The van der Waals surface area contributed by atoms with E-state index in [1.807, 2.05) is 0 Å². The number of carbonyl (C=O) groups is 2. The molecule has 0 heterocycles. The van der Waals surface area contributed by atoms with Crippen molar-refractivity contribution in [2.45, 2.75) is 0 Å². The van der Waals surface area contributed by atoms with Crippen molar-refractivity contribution < 1.29 is 19.6 Å². The van der Waals surface area contributed by atoms with Gasteiger partial charge in [0.1, 0.15) is 11.8 Å². The molecule has 0 spiro atoms. The van der Waals surface area contributed by atoms with Gasteiger partial charge < -0.3 is 5.11 Å². The highest BCUT2D eigenvalue weighted by Gasteiger charge is 2.20. The van der Waals surface area contributed by atoms with Gasteiger partial charge in [0.2, 0.25) is 0 Å². The van der Waals surface area contributed by atoms with Crippen molar-refractivity contribution in [1.29, 1.82) is 0 Å². The van der Waals surface area contributed by atoms with Gasteiger partial charge in [0.25, 0.3) is 5.69 Å². The van der Waals surface area contributed by atoms with E-state index in [4.69, 9.17) is 5.11 Å². The van der Waals surface area contributed by atoms with Crippen LogP contribution in [0.15, 0.2) is 42.5 Å². The molecule has 0 unspecified atom stereocenters. The maximum Gasteiger partial charge on any atom is 0.342 e. The first-order valence-electron chi connectivity index (χ1n) is 5.60. The number of hydrogen-bond donors (Lipinski definition) is 1. The number of nitrogens with zero attached hydrogens (tertiary/aromatic N) is 1. The average Bonchev–Trinajstić information content (AvgIpc) is 2.46. The summed E-state index contributed by atoms with van der Waals surface area (Å²) in [6.45, 7) is 0. The molecule has 2 rings (SSSR count). The number of carboxylic acid groups (broad SMARTS) is 1. The maximum atomic E-state index is 10.9. The van der Waals surface area contributed by atoms with Crippen LogP contribution in [0.4, 0.5) is 5.69 Å². The van der Waals surface area contributed by atoms with E-state index in [1.165, 1.54) is 18.2 Å². The van der Waals surface area contributed by atoms with E-state index in [2.05, 4.69) is 0 Å². The second-order valence-electron chi connectivity index (χ2n) is 4.04. The Kier molecular flexibility index (Phi) is 3.56. The molecule has 6 heteroatoms. The molecule has 20 heavy (non-hydrogen) atoms. The largest absolute Gasteiger partial charge is 0.477 e. The Morgan fingerprint density at radius 1 is 1.15 bits per heavy atom. The van der Waals surface area contributed by atoms with Gasteiger partial charge in [-0.3, -0.25) is 14.9 Å². The van der Waals surface area contributed by atoms with Gasteiger partial charge >= 0.3 is 5.97 Å². The molecule has 0 atom stereocenters. The van der Waals surface area contributed by atoms with E-state index in [1.54, 1.807) is 24.3 Å². The zero-order valence-corrected chi connectivity index (χ0v) is 10.1. The zero-order chi connectivity index (χ0) is 14.7. The second-order valence-corrected chi connectivity index (χ2v) is 4.04. The van der Waals surface area contributed by atoms with Gasteiger partial charge in [0, 0.05) is 11.6 Å². The summed E-state index contributed by atoms with van der Waals surface area (Å²) < 4.78 is 0. The molecule has 0 fully saturated rings. The van der Waals surface area contributed by atoms with Crippen molar-refractivity contribution >= 4 is 17.9 Å². The van der Waals surface area contributed by atoms with E-state index >= 15 is 0 Å². The monoisotopic (exact) mass is 271 g/mol. The van der Waals surface area contributed by atoms with Crippen LogP contribution in [0.5, 0.6) is 0 Å². The summed E-state index contributed by atoms with van der Waals surface area (Å²) >= 11 is 0. The highest BCUT2D eigenvalue weighted by atomic mass is 16.6. The van der Waals surface area contributed by atoms with E-state index < -0.39 is 16.6 Å². The van der Waals surface area contributed by atoms with Gasteiger partial charge in [-0.2, -0.15) is 0 Å². The topological polar surface area (TPSA) is 97.5 Å². The van der Waals surface area contributed by atoms with Crippen molar-refractivity contribution in [3.63, 3.8) is 0 Å². The van der Waals surface area contributed by atoms with Gasteiger partial charge in [-0.1, -0.05) is 24.3 Å². The number of nitro benzene ring substituents is 1. The van der Waals surface area contributed by atoms with Crippen molar-refractivity contribution in [1.82, 2.24) is 0 Å². The Labute approximate surface area is 113 Å². The fraction of sp³-hybridized carbons (Fsp3) is 0. The van der Waals surface area contributed by atoms with E-state index in [0.717, 1.165) is 0 Å². The summed E-state index contributed by atoms with van der Waals surface area (Å²) in [4.78, 5) is 31.8. The molecular formula is C14H9NO5. The predicted octanol–water partition coefficient (Wildman–Crippen LogP) is 2.77. The first-order chi connectivity index (χ1) is 9.52. The number of rotatable bonds is 4. The molecule has 6 nitrogen and oxygen atoms in total. The Balaban J connectivity index is 2.58. The van der Waals surface area contributed by atoms with Crippen LogP contribution < -0.4 is 0 Å². The number of aldehydes is 1. The molecular weight excluding hydrogens is 262 g/mol. The third kappa shape index (κ3) is 2.54. The number of benzene rings is 2.